The first-order chi connectivity index (χ1) is 11.7. The van der Waals surface area contributed by atoms with Crippen molar-refractivity contribution in [1.82, 2.24) is 0 Å². The van der Waals surface area contributed by atoms with Crippen LogP contribution in [0.2, 0.25) is 5.02 Å². The highest BCUT2D eigenvalue weighted by atomic mass is 35.5. The highest BCUT2D eigenvalue weighted by Crippen LogP contribution is 2.61. The summed E-state index contributed by atoms with van der Waals surface area (Å²) in [5.74, 6) is 7.30. The van der Waals surface area contributed by atoms with E-state index in [2.05, 4.69) is 30.1 Å². The van der Waals surface area contributed by atoms with Gasteiger partial charge in [-0.25, -0.2) is 0 Å². The predicted molar refractivity (Wildman–Crippen MR) is 98.6 cm³/mol. The van der Waals surface area contributed by atoms with E-state index >= 15 is 0 Å². The van der Waals surface area contributed by atoms with Crippen LogP contribution in [0, 0.1) is 23.7 Å². The van der Waals surface area contributed by atoms with Crippen LogP contribution in [0.25, 0.3) is 6.08 Å². The number of rotatable bonds is 2. The van der Waals surface area contributed by atoms with E-state index in [4.69, 9.17) is 16.3 Å². The van der Waals surface area contributed by atoms with Crippen molar-refractivity contribution in [3.05, 3.63) is 88.5 Å². The van der Waals surface area contributed by atoms with Gasteiger partial charge in [-0.15, -0.1) is 0 Å². The molecule has 1 nitrogen and oxygen atoms in total. The average Bonchev–Trinajstić information content (AvgIpc) is 3.06. The van der Waals surface area contributed by atoms with E-state index in [9.17, 15) is 0 Å². The van der Waals surface area contributed by atoms with Crippen molar-refractivity contribution in [2.24, 2.45) is 11.8 Å². The molecule has 2 aromatic carbocycles. The molecule has 2 aliphatic carbocycles. The van der Waals surface area contributed by atoms with Gasteiger partial charge in [-0.3, -0.25) is 0 Å². The van der Waals surface area contributed by atoms with Crippen LogP contribution in [-0.2, 0) is 4.74 Å². The van der Waals surface area contributed by atoms with Gasteiger partial charge < -0.3 is 4.74 Å². The Labute approximate surface area is 147 Å². The first-order valence-corrected chi connectivity index (χ1v) is 8.39. The Morgan fingerprint density at radius 1 is 1.08 bits per heavy atom. The number of halogens is 1. The Kier molecular flexibility index (Phi) is 3.81. The maximum absolute atomic E-state index is 5.96. The second-order valence-electron chi connectivity index (χ2n) is 6.17. The number of fused-ring (bicyclic) bond motifs is 1. The topological polar surface area (TPSA) is 9.23 Å². The van der Waals surface area contributed by atoms with Crippen molar-refractivity contribution in [2.75, 3.05) is 7.11 Å². The molecule has 0 aromatic heterocycles. The smallest absolute Gasteiger partial charge is 0.143 e. The van der Waals surface area contributed by atoms with Crippen LogP contribution in [0.4, 0.5) is 0 Å². The zero-order chi connectivity index (χ0) is 16.6. The van der Waals surface area contributed by atoms with E-state index in [1.165, 1.54) is 5.57 Å². The lowest BCUT2D eigenvalue weighted by atomic mass is 10.0. The van der Waals surface area contributed by atoms with Crippen LogP contribution >= 0.6 is 11.6 Å². The van der Waals surface area contributed by atoms with Crippen molar-refractivity contribution in [3.63, 3.8) is 0 Å². The summed E-state index contributed by atoms with van der Waals surface area (Å²) in [5.41, 5.74) is 3.05. The second-order valence-corrected chi connectivity index (χ2v) is 6.61. The molecule has 0 radical (unpaired) electrons. The Morgan fingerprint density at radius 2 is 1.83 bits per heavy atom. The highest BCUT2D eigenvalue weighted by molar-refractivity contribution is 6.30. The average molecular weight is 333 g/mol. The summed E-state index contributed by atoms with van der Waals surface area (Å²) in [7, 11) is 1.76. The molecule has 0 spiro atoms. The summed E-state index contributed by atoms with van der Waals surface area (Å²) in [6.45, 7) is 0. The van der Waals surface area contributed by atoms with Crippen molar-refractivity contribution >= 4 is 17.7 Å². The summed E-state index contributed by atoms with van der Waals surface area (Å²) in [6, 6.07) is 17.9. The van der Waals surface area contributed by atoms with Crippen LogP contribution < -0.4 is 0 Å². The third-order valence-corrected chi connectivity index (χ3v) is 5.03. The van der Waals surface area contributed by atoms with Gasteiger partial charge in [-0.2, -0.15) is 0 Å². The summed E-state index contributed by atoms with van der Waals surface area (Å²) in [5, 5.41) is 0.753. The van der Waals surface area contributed by atoms with E-state index in [1.807, 2.05) is 54.6 Å². The third-order valence-electron chi connectivity index (χ3n) is 4.78. The van der Waals surface area contributed by atoms with Gasteiger partial charge in [-0.05, 0) is 35.4 Å². The molecule has 0 heterocycles. The third kappa shape index (κ3) is 2.59. The molecule has 0 bridgehead atoms. The molecular formula is C22H17ClO. The van der Waals surface area contributed by atoms with Gasteiger partial charge in [0.15, 0.2) is 0 Å². The minimum absolute atomic E-state index is 0.314. The van der Waals surface area contributed by atoms with E-state index in [-0.39, 0.29) is 5.60 Å². The number of benzene rings is 2. The molecule has 2 aliphatic rings. The maximum Gasteiger partial charge on any atom is 0.143 e. The van der Waals surface area contributed by atoms with E-state index in [0.717, 1.165) is 16.1 Å². The lowest BCUT2D eigenvalue weighted by Crippen LogP contribution is -2.16. The molecule has 4 rings (SSSR count). The summed E-state index contributed by atoms with van der Waals surface area (Å²) < 4.78 is 5.84. The van der Waals surface area contributed by atoms with Crippen molar-refractivity contribution in [3.8, 4) is 11.8 Å². The largest absolute Gasteiger partial charge is 0.364 e. The molecule has 0 amide bonds. The molecule has 0 N–H and O–H groups in total. The first-order valence-electron chi connectivity index (χ1n) is 8.02. The zero-order valence-electron chi connectivity index (χ0n) is 13.4. The number of hydrogen-bond donors (Lipinski definition) is 0. The minimum atomic E-state index is -0.386. The van der Waals surface area contributed by atoms with Gasteiger partial charge in [0.1, 0.15) is 5.60 Å². The van der Waals surface area contributed by atoms with Crippen molar-refractivity contribution in [2.45, 2.75) is 5.60 Å². The molecule has 0 saturated heterocycles. The Bertz CT molecular complexity index is 868. The number of ether oxygens (including phenoxy) is 1. The molecule has 2 heteroatoms. The molecule has 24 heavy (non-hydrogen) atoms. The van der Waals surface area contributed by atoms with Gasteiger partial charge >= 0.3 is 0 Å². The SMILES string of the molecule is CO[C@@]1(C#Cc2ccccc2)[C@@H]2/C(=C/c3ccc(Cl)cc3)C=C[C@@H]21. The molecule has 0 aliphatic heterocycles. The molecule has 1 fully saturated rings. The number of allylic oxidation sites excluding steroid dienone is 1. The molecule has 3 atom stereocenters. The second kappa shape index (κ2) is 5.98. The van der Waals surface area contributed by atoms with Crippen molar-refractivity contribution in [1.29, 1.82) is 0 Å². The quantitative estimate of drug-likeness (QED) is 0.705. The lowest BCUT2D eigenvalue weighted by molar-refractivity contribution is 0.111. The number of hydrogen-bond acceptors (Lipinski definition) is 1. The van der Waals surface area contributed by atoms with Gasteiger partial charge in [0.05, 0.1) is 0 Å². The normalized spacial score (nSPS) is 28.3. The van der Waals surface area contributed by atoms with E-state index in [1.54, 1.807) is 7.11 Å². The summed E-state index contributed by atoms with van der Waals surface area (Å²) in [4.78, 5) is 0. The van der Waals surface area contributed by atoms with Gasteiger partial charge in [0, 0.05) is 29.5 Å². The van der Waals surface area contributed by atoms with Gasteiger partial charge in [0.25, 0.3) is 0 Å². The van der Waals surface area contributed by atoms with Crippen LogP contribution in [-0.4, -0.2) is 12.7 Å². The predicted octanol–water partition coefficient (Wildman–Crippen LogP) is 4.98. The van der Waals surface area contributed by atoms with Crippen LogP contribution in [0.15, 0.2) is 72.3 Å². The molecule has 118 valence electrons. The van der Waals surface area contributed by atoms with Crippen LogP contribution in [0.5, 0.6) is 0 Å². The fourth-order valence-electron chi connectivity index (χ4n) is 3.47. The lowest BCUT2D eigenvalue weighted by Gasteiger charge is -2.11. The van der Waals surface area contributed by atoms with Crippen molar-refractivity contribution < 1.29 is 4.74 Å². The standard InChI is InChI=1S/C22H17ClO/c1-24-22(14-13-16-5-3-2-4-6-16)20-12-9-18(21(20)22)15-17-7-10-19(23)11-8-17/h2-12,15,20-21H,1H3/b18-15+/t20-,21+,22+/m0/s1. The maximum atomic E-state index is 5.96. The minimum Gasteiger partial charge on any atom is -0.364 e. The Balaban J connectivity index is 1.61. The van der Waals surface area contributed by atoms with Gasteiger partial charge in [0.2, 0.25) is 0 Å². The van der Waals surface area contributed by atoms with E-state index in [0.29, 0.717) is 11.8 Å². The fourth-order valence-corrected chi connectivity index (χ4v) is 3.60. The molecule has 1 saturated carbocycles. The summed E-state index contributed by atoms with van der Waals surface area (Å²) >= 11 is 5.96. The summed E-state index contributed by atoms with van der Waals surface area (Å²) in [6.07, 6.45) is 6.60. The molecule has 0 unspecified atom stereocenters. The Hall–Kier alpha value is -2.27. The monoisotopic (exact) mass is 332 g/mol. The fraction of sp³-hybridized carbons (Fsp3) is 0.182. The van der Waals surface area contributed by atoms with Gasteiger partial charge in [-0.1, -0.05) is 72.0 Å². The zero-order valence-corrected chi connectivity index (χ0v) is 14.1. The molecule has 2 aromatic rings. The van der Waals surface area contributed by atoms with Crippen LogP contribution in [0.3, 0.4) is 0 Å². The number of methoxy groups -OCH3 is 1. The first kappa shape index (κ1) is 15.3. The Morgan fingerprint density at radius 3 is 2.54 bits per heavy atom. The highest BCUT2D eigenvalue weighted by Gasteiger charge is 2.67. The van der Waals surface area contributed by atoms with E-state index < -0.39 is 0 Å². The van der Waals surface area contributed by atoms with Crippen LogP contribution in [0.1, 0.15) is 11.1 Å². The molecular weight excluding hydrogens is 316 g/mol.